The molecule has 7 heteroatoms. The van der Waals surface area contributed by atoms with E-state index in [9.17, 15) is 9.59 Å². The highest BCUT2D eigenvalue weighted by Crippen LogP contribution is 2.35. The van der Waals surface area contributed by atoms with Gasteiger partial charge in [0.15, 0.2) is 4.34 Å². The zero-order valence-corrected chi connectivity index (χ0v) is 13.2. The predicted molar refractivity (Wildman–Crippen MR) is 82.6 cm³/mol. The Bertz CT molecular complexity index is 714. The van der Waals surface area contributed by atoms with Gasteiger partial charge in [0.05, 0.1) is 5.69 Å². The highest BCUT2D eigenvalue weighted by atomic mass is 32.2. The lowest BCUT2D eigenvalue weighted by Crippen LogP contribution is -2.31. The van der Waals surface area contributed by atoms with Crippen LogP contribution in [0.5, 0.6) is 0 Å². The van der Waals surface area contributed by atoms with Crippen molar-refractivity contribution in [3.63, 3.8) is 0 Å². The number of carbonyl (C=O) groups excluding carboxylic acids is 2. The molecular weight excluding hydrogens is 306 g/mol. The fourth-order valence-corrected chi connectivity index (χ4v) is 4.26. The van der Waals surface area contributed by atoms with E-state index in [1.807, 2.05) is 32.0 Å². The van der Waals surface area contributed by atoms with Gasteiger partial charge in [-0.1, -0.05) is 35.2 Å². The highest BCUT2D eigenvalue weighted by Gasteiger charge is 2.40. The number of aromatic nitrogens is 2. The molecule has 1 aromatic carbocycles. The Kier molecular flexibility index (Phi) is 3.77. The van der Waals surface area contributed by atoms with Crippen molar-refractivity contribution in [2.45, 2.75) is 29.9 Å². The van der Waals surface area contributed by atoms with E-state index in [0.717, 1.165) is 14.9 Å². The molecule has 5 nitrogen and oxygen atoms in total. The monoisotopic (exact) mass is 319 g/mol. The summed E-state index contributed by atoms with van der Waals surface area (Å²) in [5.41, 5.74) is 1.66. The molecule has 1 unspecified atom stereocenters. The van der Waals surface area contributed by atoms with Crippen LogP contribution in [-0.2, 0) is 9.59 Å². The summed E-state index contributed by atoms with van der Waals surface area (Å²) in [5.74, 6) is -0.340. The van der Waals surface area contributed by atoms with Crippen LogP contribution < -0.4 is 4.90 Å². The van der Waals surface area contributed by atoms with Gasteiger partial charge < -0.3 is 0 Å². The third-order valence-corrected chi connectivity index (χ3v) is 5.22. The van der Waals surface area contributed by atoms with Gasteiger partial charge in [0.1, 0.15) is 10.3 Å². The summed E-state index contributed by atoms with van der Waals surface area (Å²) < 4.78 is 0.727. The third-order valence-electron chi connectivity index (χ3n) is 3.12. The first-order valence-electron chi connectivity index (χ1n) is 6.45. The number of aryl methyl sites for hydroxylation is 2. The molecule has 0 N–H and O–H groups in total. The van der Waals surface area contributed by atoms with E-state index in [0.29, 0.717) is 5.69 Å². The lowest BCUT2D eigenvalue weighted by Gasteiger charge is -2.15. The van der Waals surface area contributed by atoms with Crippen LogP contribution in [0.2, 0.25) is 0 Å². The Hall–Kier alpha value is -1.73. The number of hydrogen-bond donors (Lipinski definition) is 0. The number of carbonyl (C=O) groups is 2. The minimum Gasteiger partial charge on any atom is -0.274 e. The Morgan fingerprint density at radius 1 is 1.29 bits per heavy atom. The molecule has 2 amide bonds. The van der Waals surface area contributed by atoms with E-state index >= 15 is 0 Å². The molecule has 3 rings (SSSR count). The largest absolute Gasteiger partial charge is 0.274 e. The first-order chi connectivity index (χ1) is 10.0. The molecule has 1 aromatic heterocycles. The van der Waals surface area contributed by atoms with Gasteiger partial charge in [-0.2, -0.15) is 0 Å². The Morgan fingerprint density at radius 3 is 2.76 bits per heavy atom. The van der Waals surface area contributed by atoms with Gasteiger partial charge in [0.2, 0.25) is 11.8 Å². The molecule has 2 heterocycles. The van der Waals surface area contributed by atoms with Gasteiger partial charge in [0, 0.05) is 6.42 Å². The summed E-state index contributed by atoms with van der Waals surface area (Å²) in [5, 5.41) is 8.37. The third kappa shape index (κ3) is 2.84. The van der Waals surface area contributed by atoms with Crippen molar-refractivity contribution in [1.82, 2.24) is 10.2 Å². The summed E-state index contributed by atoms with van der Waals surface area (Å²) >= 11 is 2.76. The molecule has 2 aromatic rings. The van der Waals surface area contributed by atoms with E-state index in [4.69, 9.17) is 0 Å². The average molecular weight is 319 g/mol. The molecule has 1 fully saturated rings. The molecule has 0 saturated carbocycles. The molecule has 0 spiro atoms. The van der Waals surface area contributed by atoms with Crippen molar-refractivity contribution >= 4 is 40.6 Å². The number of nitrogens with zero attached hydrogens (tertiary/aromatic N) is 3. The Morgan fingerprint density at radius 2 is 2.10 bits per heavy atom. The number of rotatable bonds is 3. The van der Waals surface area contributed by atoms with Crippen LogP contribution >= 0.6 is 23.1 Å². The van der Waals surface area contributed by atoms with Crippen molar-refractivity contribution in [2.75, 3.05) is 4.90 Å². The first-order valence-corrected chi connectivity index (χ1v) is 8.14. The number of benzene rings is 1. The number of anilines is 1. The van der Waals surface area contributed by atoms with E-state index in [-0.39, 0.29) is 18.2 Å². The SMILES string of the molecule is Cc1cccc(N2C(=O)CC(Sc3nnc(C)s3)C2=O)c1. The van der Waals surface area contributed by atoms with Gasteiger partial charge in [-0.3, -0.25) is 9.59 Å². The fourth-order valence-electron chi connectivity index (χ4n) is 2.18. The van der Waals surface area contributed by atoms with Crippen LogP contribution in [0, 0.1) is 13.8 Å². The molecule has 108 valence electrons. The van der Waals surface area contributed by atoms with E-state index in [1.165, 1.54) is 28.0 Å². The molecule has 1 saturated heterocycles. The van der Waals surface area contributed by atoms with Crippen LogP contribution in [0.3, 0.4) is 0 Å². The Balaban J connectivity index is 1.82. The Labute approximate surface area is 130 Å². The molecule has 1 aliphatic rings. The maximum atomic E-state index is 12.5. The van der Waals surface area contributed by atoms with E-state index < -0.39 is 5.25 Å². The summed E-state index contributed by atoms with van der Waals surface area (Å²) in [6.07, 6.45) is 0.204. The average Bonchev–Trinajstić information content (AvgIpc) is 2.94. The van der Waals surface area contributed by atoms with Crippen molar-refractivity contribution in [2.24, 2.45) is 0 Å². The van der Waals surface area contributed by atoms with Crippen LogP contribution in [0.25, 0.3) is 0 Å². The molecular formula is C14H13N3O2S2. The number of thioether (sulfide) groups is 1. The van der Waals surface area contributed by atoms with E-state index in [2.05, 4.69) is 10.2 Å². The standard InChI is InChI=1S/C14H13N3O2S2/c1-8-4-3-5-10(6-8)17-12(18)7-11(13(17)19)21-14-16-15-9(2)20-14/h3-6,11H,7H2,1-2H3. The summed E-state index contributed by atoms with van der Waals surface area (Å²) in [4.78, 5) is 25.9. The van der Waals surface area contributed by atoms with Crippen molar-refractivity contribution in [3.05, 3.63) is 34.8 Å². The predicted octanol–water partition coefficient (Wildman–Crippen LogP) is 2.58. The lowest BCUT2D eigenvalue weighted by molar-refractivity contribution is -0.121. The minimum absolute atomic E-state index is 0.163. The number of hydrogen-bond acceptors (Lipinski definition) is 6. The van der Waals surface area contributed by atoms with Crippen LogP contribution in [0.15, 0.2) is 28.6 Å². The topological polar surface area (TPSA) is 63.2 Å². The molecule has 0 bridgehead atoms. The van der Waals surface area contributed by atoms with Crippen LogP contribution in [0.1, 0.15) is 17.0 Å². The summed E-state index contributed by atoms with van der Waals surface area (Å²) in [6.45, 7) is 3.80. The van der Waals surface area contributed by atoms with Crippen molar-refractivity contribution in [1.29, 1.82) is 0 Å². The second-order valence-electron chi connectivity index (χ2n) is 4.80. The molecule has 0 radical (unpaired) electrons. The lowest BCUT2D eigenvalue weighted by atomic mass is 10.2. The second-order valence-corrected chi connectivity index (χ2v) is 7.44. The molecule has 1 aliphatic heterocycles. The minimum atomic E-state index is -0.412. The van der Waals surface area contributed by atoms with Crippen LogP contribution in [0.4, 0.5) is 5.69 Å². The fraction of sp³-hybridized carbons (Fsp3) is 0.286. The highest BCUT2D eigenvalue weighted by molar-refractivity contribution is 8.02. The normalized spacial score (nSPS) is 18.6. The summed E-state index contributed by atoms with van der Waals surface area (Å²) in [6, 6.07) is 7.41. The maximum absolute atomic E-state index is 12.5. The van der Waals surface area contributed by atoms with Crippen molar-refractivity contribution < 1.29 is 9.59 Å². The van der Waals surface area contributed by atoms with Gasteiger partial charge in [-0.25, -0.2) is 4.90 Å². The van der Waals surface area contributed by atoms with Gasteiger partial charge in [0.25, 0.3) is 0 Å². The number of amides is 2. The molecule has 0 aliphatic carbocycles. The van der Waals surface area contributed by atoms with Gasteiger partial charge >= 0.3 is 0 Å². The quantitative estimate of drug-likeness (QED) is 0.814. The molecule has 1 atom stereocenters. The van der Waals surface area contributed by atoms with Gasteiger partial charge in [-0.05, 0) is 31.5 Å². The zero-order valence-electron chi connectivity index (χ0n) is 11.6. The zero-order chi connectivity index (χ0) is 15.0. The second kappa shape index (κ2) is 5.57. The smallest absolute Gasteiger partial charge is 0.247 e. The maximum Gasteiger partial charge on any atom is 0.247 e. The first kappa shape index (κ1) is 14.2. The molecule has 21 heavy (non-hydrogen) atoms. The van der Waals surface area contributed by atoms with Gasteiger partial charge in [-0.15, -0.1) is 10.2 Å². The number of imide groups is 1. The summed E-state index contributed by atoms with van der Waals surface area (Å²) in [7, 11) is 0. The van der Waals surface area contributed by atoms with Crippen LogP contribution in [-0.4, -0.2) is 27.3 Å². The van der Waals surface area contributed by atoms with Crippen molar-refractivity contribution in [3.8, 4) is 0 Å². The van der Waals surface area contributed by atoms with E-state index in [1.54, 1.807) is 6.07 Å².